The average molecular weight is 194 g/mol. The molecule has 0 aliphatic heterocycles. The molecule has 1 aliphatic rings. The summed E-state index contributed by atoms with van der Waals surface area (Å²) in [5.74, 6) is 0.473. The van der Waals surface area contributed by atoms with Gasteiger partial charge in [-0.1, -0.05) is 13.3 Å². The molecule has 0 amide bonds. The maximum Gasteiger partial charge on any atom is 0.127 e. The highest BCUT2D eigenvalue weighted by molar-refractivity contribution is 5.55. The van der Waals surface area contributed by atoms with Crippen molar-refractivity contribution in [1.82, 2.24) is 0 Å². The molecule has 1 aliphatic carbocycles. The van der Waals surface area contributed by atoms with Gasteiger partial charge in [-0.05, 0) is 30.5 Å². The second kappa shape index (κ2) is 3.48. The summed E-state index contributed by atoms with van der Waals surface area (Å²) < 4.78 is 13.0. The molecule has 14 heavy (non-hydrogen) atoms. The molecule has 0 saturated heterocycles. The van der Waals surface area contributed by atoms with Crippen LogP contribution in [0.5, 0.6) is 0 Å². The molecular weight excluding hydrogens is 179 g/mol. The molecule has 76 valence electrons. The van der Waals surface area contributed by atoms with E-state index in [0.717, 1.165) is 11.6 Å². The number of anilines is 2. The summed E-state index contributed by atoms with van der Waals surface area (Å²) in [6.45, 7) is 2.17. The molecule has 0 aromatic heterocycles. The van der Waals surface area contributed by atoms with Crippen LogP contribution in [0, 0.1) is 11.7 Å². The molecule has 3 N–H and O–H groups in total. The van der Waals surface area contributed by atoms with Crippen molar-refractivity contribution in [1.29, 1.82) is 0 Å². The minimum absolute atomic E-state index is 0.277. The van der Waals surface area contributed by atoms with E-state index in [1.807, 2.05) is 0 Å². The van der Waals surface area contributed by atoms with Crippen molar-refractivity contribution in [3.05, 3.63) is 24.0 Å². The maximum atomic E-state index is 13.0. The first-order chi connectivity index (χ1) is 6.69. The van der Waals surface area contributed by atoms with Crippen LogP contribution >= 0.6 is 0 Å². The Kier molecular flexibility index (Phi) is 2.32. The summed E-state index contributed by atoms with van der Waals surface area (Å²) in [4.78, 5) is 0. The second-order valence-electron chi connectivity index (χ2n) is 3.93. The first-order valence-electron chi connectivity index (χ1n) is 5.01. The van der Waals surface area contributed by atoms with Crippen LogP contribution < -0.4 is 11.1 Å². The van der Waals surface area contributed by atoms with E-state index < -0.39 is 0 Å². The first kappa shape index (κ1) is 9.31. The third-order valence-electron chi connectivity index (χ3n) is 2.72. The van der Waals surface area contributed by atoms with Gasteiger partial charge in [0.25, 0.3) is 0 Å². The van der Waals surface area contributed by atoms with Crippen LogP contribution in [0.4, 0.5) is 15.8 Å². The zero-order chi connectivity index (χ0) is 10.1. The Bertz CT molecular complexity index is 318. The number of benzene rings is 1. The molecule has 1 aromatic carbocycles. The molecule has 0 spiro atoms. The largest absolute Gasteiger partial charge is 0.399 e. The van der Waals surface area contributed by atoms with Gasteiger partial charge in [0.2, 0.25) is 0 Å². The van der Waals surface area contributed by atoms with Crippen LogP contribution in [-0.2, 0) is 0 Å². The zero-order valence-corrected chi connectivity index (χ0v) is 8.26. The van der Waals surface area contributed by atoms with Gasteiger partial charge in [-0.3, -0.25) is 0 Å². The number of nitrogen functional groups attached to an aromatic ring is 1. The van der Waals surface area contributed by atoms with Gasteiger partial charge in [-0.15, -0.1) is 0 Å². The van der Waals surface area contributed by atoms with E-state index in [1.165, 1.54) is 25.0 Å². The number of hydrogen-bond acceptors (Lipinski definition) is 2. The van der Waals surface area contributed by atoms with Gasteiger partial charge in [-0.25, -0.2) is 4.39 Å². The van der Waals surface area contributed by atoms with Gasteiger partial charge in [-0.2, -0.15) is 0 Å². The van der Waals surface area contributed by atoms with Crippen molar-refractivity contribution in [3.8, 4) is 0 Å². The molecule has 2 unspecified atom stereocenters. The van der Waals surface area contributed by atoms with Crippen LogP contribution in [0.15, 0.2) is 18.2 Å². The summed E-state index contributed by atoms with van der Waals surface area (Å²) in [5.41, 5.74) is 6.81. The highest BCUT2D eigenvalue weighted by Gasteiger charge is 2.35. The van der Waals surface area contributed by atoms with Crippen molar-refractivity contribution in [2.75, 3.05) is 11.1 Å². The fourth-order valence-corrected chi connectivity index (χ4v) is 1.79. The highest BCUT2D eigenvalue weighted by atomic mass is 19.1. The summed E-state index contributed by atoms with van der Waals surface area (Å²) in [6, 6.07) is 5.10. The van der Waals surface area contributed by atoms with E-state index in [1.54, 1.807) is 6.07 Å². The number of hydrogen-bond donors (Lipinski definition) is 2. The second-order valence-corrected chi connectivity index (χ2v) is 3.93. The first-order valence-corrected chi connectivity index (χ1v) is 5.01. The zero-order valence-electron chi connectivity index (χ0n) is 8.26. The van der Waals surface area contributed by atoms with Gasteiger partial charge < -0.3 is 11.1 Å². The van der Waals surface area contributed by atoms with Crippen LogP contribution in [-0.4, -0.2) is 6.04 Å². The number of nitrogens with two attached hydrogens (primary N) is 1. The molecule has 0 bridgehead atoms. The molecule has 1 aromatic rings. The average Bonchev–Trinajstić information content (AvgIpc) is 2.81. The Balaban J connectivity index is 2.03. The third-order valence-corrected chi connectivity index (χ3v) is 2.72. The van der Waals surface area contributed by atoms with E-state index in [-0.39, 0.29) is 5.82 Å². The van der Waals surface area contributed by atoms with Gasteiger partial charge >= 0.3 is 0 Å². The fraction of sp³-hybridized carbons (Fsp3) is 0.455. The Morgan fingerprint density at radius 2 is 2.29 bits per heavy atom. The molecule has 2 atom stereocenters. The summed E-state index contributed by atoms with van der Waals surface area (Å²) in [5, 5.41) is 3.28. The van der Waals surface area contributed by atoms with Crippen LogP contribution in [0.2, 0.25) is 0 Å². The molecular formula is C11H15FN2. The molecule has 2 rings (SSSR count). The SMILES string of the molecule is CCC1CC1Nc1cc(N)cc(F)c1. The number of halogens is 1. The lowest BCUT2D eigenvalue weighted by molar-refractivity contribution is 0.628. The monoisotopic (exact) mass is 194 g/mol. The van der Waals surface area contributed by atoms with E-state index in [4.69, 9.17) is 5.73 Å². The summed E-state index contributed by atoms with van der Waals surface area (Å²) in [7, 11) is 0. The predicted octanol–water partition coefficient (Wildman–Crippen LogP) is 2.62. The van der Waals surface area contributed by atoms with Crippen molar-refractivity contribution in [2.45, 2.75) is 25.8 Å². The van der Waals surface area contributed by atoms with Gasteiger partial charge in [0.15, 0.2) is 0 Å². The lowest BCUT2D eigenvalue weighted by Crippen LogP contribution is -2.05. The lowest BCUT2D eigenvalue weighted by atomic mass is 10.2. The smallest absolute Gasteiger partial charge is 0.127 e. The normalized spacial score (nSPS) is 24.7. The minimum Gasteiger partial charge on any atom is -0.399 e. The Hall–Kier alpha value is -1.25. The molecule has 1 fully saturated rings. The predicted molar refractivity (Wildman–Crippen MR) is 56.6 cm³/mol. The Morgan fingerprint density at radius 1 is 1.50 bits per heavy atom. The highest BCUT2D eigenvalue weighted by Crippen LogP contribution is 2.36. The molecule has 1 saturated carbocycles. The quantitative estimate of drug-likeness (QED) is 0.726. The Labute approximate surface area is 83.3 Å². The van der Waals surface area contributed by atoms with Crippen LogP contribution in [0.1, 0.15) is 19.8 Å². The van der Waals surface area contributed by atoms with Crippen LogP contribution in [0.25, 0.3) is 0 Å². The molecule has 0 radical (unpaired) electrons. The van der Waals surface area contributed by atoms with E-state index in [9.17, 15) is 4.39 Å². The molecule has 3 heteroatoms. The standard InChI is InChI=1S/C11H15FN2/c1-2-7-3-11(7)14-10-5-8(12)4-9(13)6-10/h4-7,11,14H,2-3,13H2,1H3. The minimum atomic E-state index is -0.277. The fourth-order valence-electron chi connectivity index (χ4n) is 1.79. The van der Waals surface area contributed by atoms with Crippen molar-refractivity contribution in [2.24, 2.45) is 5.92 Å². The lowest BCUT2D eigenvalue weighted by Gasteiger charge is -2.06. The van der Waals surface area contributed by atoms with E-state index in [2.05, 4.69) is 12.2 Å². The summed E-state index contributed by atoms with van der Waals surface area (Å²) in [6.07, 6.45) is 2.37. The van der Waals surface area contributed by atoms with Gasteiger partial charge in [0.1, 0.15) is 5.82 Å². The summed E-state index contributed by atoms with van der Waals surface area (Å²) >= 11 is 0. The molecule has 0 heterocycles. The number of nitrogens with one attached hydrogen (secondary N) is 1. The van der Waals surface area contributed by atoms with E-state index in [0.29, 0.717) is 11.7 Å². The van der Waals surface area contributed by atoms with Crippen LogP contribution in [0.3, 0.4) is 0 Å². The van der Waals surface area contributed by atoms with Gasteiger partial charge in [0, 0.05) is 17.4 Å². The van der Waals surface area contributed by atoms with Gasteiger partial charge in [0.05, 0.1) is 0 Å². The Morgan fingerprint density at radius 3 is 2.86 bits per heavy atom. The number of rotatable bonds is 3. The van der Waals surface area contributed by atoms with Crippen molar-refractivity contribution < 1.29 is 4.39 Å². The van der Waals surface area contributed by atoms with Crippen molar-refractivity contribution >= 4 is 11.4 Å². The third kappa shape index (κ3) is 1.97. The molecule has 2 nitrogen and oxygen atoms in total. The topological polar surface area (TPSA) is 38.0 Å². The van der Waals surface area contributed by atoms with E-state index >= 15 is 0 Å². The van der Waals surface area contributed by atoms with Crippen molar-refractivity contribution in [3.63, 3.8) is 0 Å². The maximum absolute atomic E-state index is 13.0.